The number of hydrogen-bond acceptors (Lipinski definition) is 3. The summed E-state index contributed by atoms with van der Waals surface area (Å²) in [5.74, 6) is 0. The Hall–Kier alpha value is -5.91. The number of fused-ring (bicyclic) bond motifs is 6. The smallest absolute Gasteiger partial charge is 0.120 e. The van der Waals surface area contributed by atoms with Crippen molar-refractivity contribution in [2.24, 2.45) is 0 Å². The van der Waals surface area contributed by atoms with Crippen molar-refractivity contribution in [1.29, 1.82) is 0 Å². The Morgan fingerprint density at radius 1 is 0.576 bits per heavy atom. The second-order valence-electron chi connectivity index (χ2n) is 17.0. The van der Waals surface area contributed by atoms with Gasteiger partial charge in [0, 0.05) is 59.9 Å². The molecule has 0 unspecified atom stereocenters. The van der Waals surface area contributed by atoms with Gasteiger partial charge in [0.05, 0.1) is 19.2 Å². The maximum Gasteiger partial charge on any atom is 0.120 e. The SMILES string of the molecule is CC(C)(C)c1ccc(-c2[c-]cccc2)nc1.C[Si](C)(C)c1ccc(-c2ccc(-n3c4ccccc4c4cnc(-c5[c-]ccc6c5oc5ccccc56)cc43)cc2)cc1.[Ir]. The van der Waals surface area contributed by atoms with Crippen molar-refractivity contribution in [1.82, 2.24) is 14.5 Å². The van der Waals surface area contributed by atoms with Gasteiger partial charge < -0.3 is 19.0 Å². The van der Waals surface area contributed by atoms with Crippen LogP contribution in [0.15, 0.2) is 168 Å². The summed E-state index contributed by atoms with van der Waals surface area (Å²) in [5.41, 5.74) is 12.7. The Kier molecular flexibility index (Phi) is 10.8. The predicted molar refractivity (Wildman–Crippen MR) is 246 cm³/mol. The Morgan fingerprint density at radius 2 is 1.25 bits per heavy atom. The van der Waals surface area contributed by atoms with Crippen molar-refractivity contribution < 1.29 is 24.5 Å². The van der Waals surface area contributed by atoms with Gasteiger partial charge in [0.2, 0.25) is 0 Å². The number of hydrogen-bond donors (Lipinski definition) is 0. The van der Waals surface area contributed by atoms with Crippen LogP contribution in [0.3, 0.4) is 0 Å². The van der Waals surface area contributed by atoms with Crippen molar-refractivity contribution in [2.45, 2.75) is 45.8 Å². The largest absolute Gasteiger partial charge is 0.501 e. The second kappa shape index (κ2) is 16.0. The maximum absolute atomic E-state index is 6.33. The third-order valence-electron chi connectivity index (χ3n) is 11.0. The van der Waals surface area contributed by atoms with E-state index in [2.05, 4.69) is 165 Å². The van der Waals surface area contributed by atoms with Gasteiger partial charge in [-0.2, -0.15) is 0 Å². The second-order valence-corrected chi connectivity index (χ2v) is 22.0. The molecule has 4 nitrogen and oxygen atoms in total. The standard InChI is InChI=1S/C38H29N2OSi.C15H16N.Ir/c1-42(2,3)28-21-17-26(18-22-28)25-15-19-27(20-16-25)40-35-13-6-4-9-29(35)33-24-39-34(23-36(33)40)32-12-8-11-31-30-10-5-7-14-37(30)41-38(31)32;1-15(2,3)13-9-10-14(16-11-13)12-7-5-4-6-8-12;/h4-11,13-24H,1-3H3;4-7,9-11H,1-3H3;/q2*-1;. The minimum absolute atomic E-state index is 0. The van der Waals surface area contributed by atoms with E-state index in [1.807, 2.05) is 60.9 Å². The third kappa shape index (κ3) is 7.84. The number of nitrogens with zero attached hydrogens (tertiary/aromatic N) is 3. The fraction of sp³-hybridized carbons (Fsp3) is 0.132. The monoisotopic (exact) mass is 960 g/mol. The van der Waals surface area contributed by atoms with Crippen LogP contribution < -0.4 is 5.19 Å². The van der Waals surface area contributed by atoms with Gasteiger partial charge in [-0.3, -0.25) is 0 Å². The van der Waals surface area contributed by atoms with Crippen molar-refractivity contribution in [3.8, 4) is 39.3 Å². The molecule has 0 fully saturated rings. The molecule has 0 bridgehead atoms. The topological polar surface area (TPSA) is 43.9 Å². The molecule has 0 aliphatic heterocycles. The molecule has 0 spiro atoms. The molecule has 1 radical (unpaired) electrons. The van der Waals surface area contributed by atoms with Gasteiger partial charge in [-0.25, -0.2) is 0 Å². The number of furan rings is 1. The zero-order chi connectivity index (χ0) is 40.0. The zero-order valence-electron chi connectivity index (χ0n) is 34.2. The molecule has 6 aromatic carbocycles. The molecule has 6 heteroatoms. The number of pyridine rings is 2. The molecule has 293 valence electrons. The van der Waals surface area contributed by atoms with Gasteiger partial charge in [-0.15, -0.1) is 54.1 Å². The Labute approximate surface area is 361 Å². The summed E-state index contributed by atoms with van der Waals surface area (Å²) in [4.78, 5) is 9.41. The Morgan fingerprint density at radius 3 is 1.93 bits per heavy atom. The maximum atomic E-state index is 6.33. The summed E-state index contributed by atoms with van der Waals surface area (Å²) >= 11 is 0. The van der Waals surface area contributed by atoms with Gasteiger partial charge in [0.1, 0.15) is 5.58 Å². The molecular formula is C53H45IrN3OSi-2. The van der Waals surface area contributed by atoms with Crippen LogP contribution in [0, 0.1) is 12.1 Å². The van der Waals surface area contributed by atoms with E-state index in [-0.39, 0.29) is 25.5 Å². The quantitative estimate of drug-likeness (QED) is 0.128. The summed E-state index contributed by atoms with van der Waals surface area (Å²) in [5, 5.41) is 5.97. The van der Waals surface area contributed by atoms with Crippen LogP contribution in [0.25, 0.3) is 83.1 Å². The molecule has 10 aromatic rings. The predicted octanol–water partition coefficient (Wildman–Crippen LogP) is 13.6. The van der Waals surface area contributed by atoms with Gasteiger partial charge in [0.25, 0.3) is 0 Å². The molecule has 59 heavy (non-hydrogen) atoms. The van der Waals surface area contributed by atoms with Gasteiger partial charge in [-0.1, -0.05) is 148 Å². The molecule has 0 atom stereocenters. The first-order valence-corrected chi connectivity index (χ1v) is 23.4. The van der Waals surface area contributed by atoms with Crippen molar-refractivity contribution in [3.63, 3.8) is 0 Å². The van der Waals surface area contributed by atoms with Crippen LogP contribution in [0.2, 0.25) is 19.6 Å². The normalized spacial score (nSPS) is 11.8. The van der Waals surface area contributed by atoms with E-state index < -0.39 is 8.07 Å². The average Bonchev–Trinajstić information content (AvgIpc) is 3.79. The zero-order valence-corrected chi connectivity index (χ0v) is 37.6. The first kappa shape index (κ1) is 39.9. The number of rotatable bonds is 5. The molecule has 4 heterocycles. The molecule has 0 amide bonds. The van der Waals surface area contributed by atoms with E-state index in [4.69, 9.17) is 9.40 Å². The van der Waals surface area contributed by atoms with Crippen molar-refractivity contribution in [3.05, 3.63) is 182 Å². The number of para-hydroxylation sites is 2. The average molecular weight is 960 g/mol. The van der Waals surface area contributed by atoms with Crippen LogP contribution in [0.4, 0.5) is 0 Å². The molecule has 0 saturated heterocycles. The molecule has 4 aromatic heterocycles. The van der Waals surface area contributed by atoms with Crippen LogP contribution in [0.1, 0.15) is 26.3 Å². The summed E-state index contributed by atoms with van der Waals surface area (Å²) in [6.45, 7) is 13.7. The van der Waals surface area contributed by atoms with Crippen LogP contribution in [-0.2, 0) is 25.5 Å². The summed E-state index contributed by atoms with van der Waals surface area (Å²) in [6.07, 6.45) is 3.95. The van der Waals surface area contributed by atoms with Crippen LogP contribution in [0.5, 0.6) is 0 Å². The molecule has 0 N–H and O–H groups in total. The van der Waals surface area contributed by atoms with E-state index in [9.17, 15) is 0 Å². The van der Waals surface area contributed by atoms with E-state index >= 15 is 0 Å². The number of aromatic nitrogens is 3. The van der Waals surface area contributed by atoms with Gasteiger partial charge in [-0.05, 0) is 57.8 Å². The van der Waals surface area contributed by atoms with Crippen molar-refractivity contribution >= 4 is 57.0 Å². The molecule has 0 aliphatic rings. The summed E-state index contributed by atoms with van der Waals surface area (Å²) in [7, 11) is -1.32. The van der Waals surface area contributed by atoms with E-state index in [1.165, 1.54) is 27.3 Å². The first-order chi connectivity index (χ1) is 28.0. The Bertz CT molecular complexity index is 3040. The van der Waals surface area contributed by atoms with Crippen molar-refractivity contribution in [2.75, 3.05) is 0 Å². The minimum Gasteiger partial charge on any atom is -0.501 e. The molecule has 0 saturated carbocycles. The fourth-order valence-electron chi connectivity index (χ4n) is 7.67. The van der Waals surface area contributed by atoms with Gasteiger partial charge in [0.15, 0.2) is 0 Å². The number of benzene rings is 6. The van der Waals surface area contributed by atoms with Crippen LogP contribution >= 0.6 is 0 Å². The molecule has 0 aliphatic carbocycles. The van der Waals surface area contributed by atoms with Crippen LogP contribution in [-0.4, -0.2) is 22.6 Å². The van der Waals surface area contributed by atoms with Gasteiger partial charge >= 0.3 is 0 Å². The Balaban J connectivity index is 0.000000240. The van der Waals surface area contributed by atoms with E-state index in [1.54, 1.807) is 0 Å². The first-order valence-electron chi connectivity index (χ1n) is 19.9. The summed E-state index contributed by atoms with van der Waals surface area (Å²) < 4.78 is 8.67. The van der Waals surface area contributed by atoms with E-state index in [0.717, 1.165) is 66.6 Å². The van der Waals surface area contributed by atoms with E-state index in [0.29, 0.717) is 0 Å². The fourth-order valence-corrected chi connectivity index (χ4v) is 8.84. The minimum atomic E-state index is -1.32. The summed E-state index contributed by atoms with van der Waals surface area (Å²) in [6, 6.07) is 59.7. The molecular weight excluding hydrogens is 915 g/mol. The molecule has 10 rings (SSSR count). The third-order valence-corrected chi connectivity index (χ3v) is 13.0.